The molecule has 6 heteroatoms. The van der Waals surface area contributed by atoms with Gasteiger partial charge in [0.15, 0.2) is 18.1 Å². The lowest BCUT2D eigenvalue weighted by molar-refractivity contribution is -0.124. The van der Waals surface area contributed by atoms with Gasteiger partial charge in [-0.1, -0.05) is 36.4 Å². The highest BCUT2D eigenvalue weighted by Gasteiger charge is 2.27. The van der Waals surface area contributed by atoms with Crippen molar-refractivity contribution in [3.05, 3.63) is 42.0 Å². The second-order valence-electron chi connectivity index (χ2n) is 4.67. The van der Waals surface area contributed by atoms with Gasteiger partial charge < -0.3 is 19.7 Å². The molecular weight excluding hydrogens is 296 g/mol. The van der Waals surface area contributed by atoms with Gasteiger partial charge in [-0.05, 0) is 18.6 Å². The van der Waals surface area contributed by atoms with Crippen LogP contribution in [-0.2, 0) is 14.3 Å². The molecule has 1 N–H and O–H groups in total. The van der Waals surface area contributed by atoms with Gasteiger partial charge in [-0.15, -0.1) is 0 Å². The highest BCUT2D eigenvalue weighted by atomic mass is 16.5. The van der Waals surface area contributed by atoms with Crippen LogP contribution in [0.15, 0.2) is 36.4 Å². The number of benzene rings is 1. The predicted octanol–water partition coefficient (Wildman–Crippen LogP) is 1.51. The van der Waals surface area contributed by atoms with Gasteiger partial charge in [-0.3, -0.25) is 4.79 Å². The van der Waals surface area contributed by atoms with Crippen LogP contribution < -0.4 is 5.32 Å². The van der Waals surface area contributed by atoms with E-state index in [1.807, 2.05) is 37.3 Å². The highest BCUT2D eigenvalue weighted by Crippen LogP contribution is 2.05. The number of nitrogens with zero attached hydrogens (tertiary/aromatic N) is 1. The summed E-state index contributed by atoms with van der Waals surface area (Å²) < 4.78 is 5.20. The van der Waals surface area contributed by atoms with Crippen molar-refractivity contribution in [2.75, 3.05) is 26.8 Å². The molecule has 1 unspecified atom stereocenters. The van der Waals surface area contributed by atoms with Crippen LogP contribution in [-0.4, -0.2) is 55.8 Å². The molecule has 0 aliphatic carbocycles. The minimum Gasteiger partial charge on any atom is -0.380 e. The van der Waals surface area contributed by atoms with E-state index >= 15 is 0 Å². The van der Waals surface area contributed by atoms with Gasteiger partial charge in [-0.25, -0.2) is 4.79 Å². The molecule has 0 aromatic heterocycles. The van der Waals surface area contributed by atoms with E-state index in [2.05, 4.69) is 5.32 Å². The number of ether oxygens (including phenoxy) is 1. The van der Waals surface area contributed by atoms with Crippen LogP contribution in [0.5, 0.6) is 0 Å². The third kappa shape index (κ3) is 6.04. The van der Waals surface area contributed by atoms with Crippen molar-refractivity contribution >= 4 is 24.2 Å². The summed E-state index contributed by atoms with van der Waals surface area (Å²) in [6.07, 6.45) is 3.40. The van der Waals surface area contributed by atoms with E-state index in [9.17, 15) is 14.4 Å². The Morgan fingerprint density at radius 1 is 1.30 bits per heavy atom. The lowest BCUT2D eigenvalue weighted by Gasteiger charge is -2.26. The highest BCUT2D eigenvalue weighted by molar-refractivity contribution is 6.08. The van der Waals surface area contributed by atoms with Gasteiger partial charge in [0.2, 0.25) is 0 Å². The molecule has 0 aliphatic rings. The molecule has 0 radical (unpaired) electrons. The van der Waals surface area contributed by atoms with Gasteiger partial charge >= 0.3 is 6.03 Å². The summed E-state index contributed by atoms with van der Waals surface area (Å²) in [4.78, 5) is 36.7. The molecule has 1 rings (SSSR count). The first-order valence-corrected chi connectivity index (χ1v) is 7.42. The fraction of sp³-hybridized carbons (Fsp3) is 0.353. The number of ketones is 1. The second kappa shape index (κ2) is 10.3. The fourth-order valence-electron chi connectivity index (χ4n) is 1.95. The quantitative estimate of drug-likeness (QED) is 0.324. The topological polar surface area (TPSA) is 75.7 Å². The van der Waals surface area contributed by atoms with E-state index in [-0.39, 0.29) is 13.2 Å². The number of nitrogens with one attached hydrogen (secondary N) is 1. The Morgan fingerprint density at radius 2 is 2.00 bits per heavy atom. The van der Waals surface area contributed by atoms with Gasteiger partial charge in [0.05, 0.1) is 6.61 Å². The van der Waals surface area contributed by atoms with Crippen LogP contribution in [0.25, 0.3) is 6.08 Å². The molecule has 0 saturated heterocycles. The van der Waals surface area contributed by atoms with Gasteiger partial charge in [0.25, 0.3) is 0 Å². The van der Waals surface area contributed by atoms with Crippen molar-refractivity contribution in [2.24, 2.45) is 0 Å². The lowest BCUT2D eigenvalue weighted by Crippen LogP contribution is -2.50. The number of urea groups is 1. The summed E-state index contributed by atoms with van der Waals surface area (Å²) >= 11 is 0. The zero-order valence-corrected chi connectivity index (χ0v) is 13.4. The van der Waals surface area contributed by atoms with Crippen LogP contribution in [0.2, 0.25) is 0 Å². The molecule has 0 spiro atoms. The average molecular weight is 318 g/mol. The van der Waals surface area contributed by atoms with Crippen LogP contribution in [0, 0.1) is 0 Å². The molecule has 0 heterocycles. The molecule has 1 aromatic carbocycles. The molecule has 0 saturated carbocycles. The maximum atomic E-state index is 12.3. The number of carbonyl (C=O) groups excluding carboxylic acids is 3. The monoisotopic (exact) mass is 318 g/mol. The Balaban J connectivity index is 2.83. The molecule has 6 nitrogen and oxygen atoms in total. The standard InChI is InChI=1S/C17H22N2O4/c1-3-23-12-11-19(17(22)18-2)15(13-20)16(21)10-9-14-7-5-4-6-8-14/h4-10,13,15H,3,11-12H2,1-2H3,(H,18,22). The minimum absolute atomic E-state index is 0.155. The summed E-state index contributed by atoms with van der Waals surface area (Å²) in [5.74, 6) is -0.455. The second-order valence-corrected chi connectivity index (χ2v) is 4.67. The van der Waals surface area contributed by atoms with E-state index in [0.29, 0.717) is 12.9 Å². The molecular formula is C17H22N2O4. The summed E-state index contributed by atoms with van der Waals surface area (Å²) in [6.45, 7) is 2.73. The van der Waals surface area contributed by atoms with E-state index in [0.717, 1.165) is 5.56 Å². The molecule has 23 heavy (non-hydrogen) atoms. The zero-order chi connectivity index (χ0) is 17.1. The number of hydrogen-bond donors (Lipinski definition) is 1. The molecule has 1 aromatic rings. The Labute approximate surface area is 136 Å². The molecule has 124 valence electrons. The number of amides is 2. The Hall–Kier alpha value is -2.47. The van der Waals surface area contributed by atoms with E-state index in [1.54, 1.807) is 6.08 Å². The summed E-state index contributed by atoms with van der Waals surface area (Å²) in [5, 5.41) is 2.43. The van der Waals surface area contributed by atoms with Crippen molar-refractivity contribution in [3.63, 3.8) is 0 Å². The van der Waals surface area contributed by atoms with Crippen molar-refractivity contribution in [1.82, 2.24) is 10.2 Å². The lowest BCUT2D eigenvalue weighted by atomic mass is 10.1. The Kier molecular flexibility index (Phi) is 8.31. The number of carbonyl (C=O) groups is 3. The predicted molar refractivity (Wildman–Crippen MR) is 88.0 cm³/mol. The van der Waals surface area contributed by atoms with Crippen molar-refractivity contribution < 1.29 is 19.1 Å². The van der Waals surface area contributed by atoms with Gasteiger partial charge in [-0.2, -0.15) is 0 Å². The van der Waals surface area contributed by atoms with Gasteiger partial charge in [0, 0.05) is 20.2 Å². The SMILES string of the molecule is CCOCCN(C(=O)NC)C(C=O)C(=O)C=Cc1ccccc1. The smallest absolute Gasteiger partial charge is 0.318 e. The van der Waals surface area contributed by atoms with Crippen LogP contribution >= 0.6 is 0 Å². The molecule has 0 fully saturated rings. The first kappa shape index (κ1) is 18.6. The summed E-state index contributed by atoms with van der Waals surface area (Å²) in [5.41, 5.74) is 0.839. The maximum Gasteiger partial charge on any atom is 0.318 e. The third-order valence-electron chi connectivity index (χ3n) is 3.15. The number of hydrogen-bond acceptors (Lipinski definition) is 4. The van der Waals surface area contributed by atoms with Crippen LogP contribution in [0.4, 0.5) is 4.79 Å². The normalized spacial score (nSPS) is 11.9. The van der Waals surface area contributed by atoms with E-state index < -0.39 is 17.9 Å². The Bertz CT molecular complexity index is 543. The largest absolute Gasteiger partial charge is 0.380 e. The first-order valence-electron chi connectivity index (χ1n) is 7.42. The molecule has 1 atom stereocenters. The molecule has 0 bridgehead atoms. The molecule has 2 amide bonds. The van der Waals surface area contributed by atoms with Crippen LogP contribution in [0.1, 0.15) is 12.5 Å². The van der Waals surface area contributed by atoms with Crippen molar-refractivity contribution in [2.45, 2.75) is 13.0 Å². The first-order chi connectivity index (χ1) is 11.1. The Morgan fingerprint density at radius 3 is 2.57 bits per heavy atom. The van der Waals surface area contributed by atoms with Crippen LogP contribution in [0.3, 0.4) is 0 Å². The van der Waals surface area contributed by atoms with E-state index in [1.165, 1.54) is 18.0 Å². The maximum absolute atomic E-state index is 12.3. The van der Waals surface area contributed by atoms with Crippen molar-refractivity contribution in [3.8, 4) is 0 Å². The number of rotatable bonds is 9. The minimum atomic E-state index is -1.17. The summed E-state index contributed by atoms with van der Waals surface area (Å²) in [6, 6.07) is 7.57. The number of aldehydes is 1. The third-order valence-corrected chi connectivity index (χ3v) is 3.15. The average Bonchev–Trinajstić information content (AvgIpc) is 2.59. The fourth-order valence-corrected chi connectivity index (χ4v) is 1.95. The zero-order valence-electron chi connectivity index (χ0n) is 13.4. The van der Waals surface area contributed by atoms with Crippen molar-refractivity contribution in [1.29, 1.82) is 0 Å². The van der Waals surface area contributed by atoms with E-state index in [4.69, 9.17) is 4.74 Å². The molecule has 0 aliphatic heterocycles. The van der Waals surface area contributed by atoms with Gasteiger partial charge in [0.1, 0.15) is 0 Å². The summed E-state index contributed by atoms with van der Waals surface area (Å²) in [7, 11) is 1.45.